The fourth-order valence-electron chi connectivity index (χ4n) is 9.42. The van der Waals surface area contributed by atoms with E-state index in [2.05, 4.69) is 195 Å². The minimum atomic E-state index is -0.112. The fraction of sp³-hybridized carbons (Fsp3) is 0.0588. The Bertz CT molecular complexity index is 2740. The maximum Gasteiger partial charge on any atom is 0.0540 e. The third-order valence-electron chi connectivity index (χ3n) is 11.8. The summed E-state index contributed by atoms with van der Waals surface area (Å²) in [6.45, 7) is 4.73. The Morgan fingerprint density at radius 2 is 0.808 bits per heavy atom. The van der Waals surface area contributed by atoms with Crippen LogP contribution in [0.15, 0.2) is 176 Å². The molecule has 3 aliphatic carbocycles. The molecule has 8 aromatic carbocycles. The molecule has 3 aliphatic rings. The van der Waals surface area contributed by atoms with Crippen LogP contribution in [0.4, 0.5) is 17.1 Å². The van der Waals surface area contributed by atoms with Crippen LogP contribution in [0.1, 0.15) is 25.0 Å². The standard InChI is InChI=1S/C51H35N/c1-51(2)46-24-10-8-18-38(46)39-29-27-34(31-47(39)51)52(48-25-11-9-16-35(48)32-14-4-3-5-15-32)33-26-28-37-42-21-13-22-43-44-23-12-20-41(50(44)45(37)30-33)36-17-6-7-19-40(36)49(42)43/h3-31H,1-2H3. The highest BCUT2D eigenvalue weighted by Gasteiger charge is 2.36. The van der Waals surface area contributed by atoms with Gasteiger partial charge >= 0.3 is 0 Å². The lowest BCUT2D eigenvalue weighted by Gasteiger charge is -2.31. The van der Waals surface area contributed by atoms with E-state index in [0.717, 1.165) is 17.1 Å². The summed E-state index contributed by atoms with van der Waals surface area (Å²) in [5.74, 6) is 0. The van der Waals surface area contributed by atoms with Gasteiger partial charge in [0, 0.05) is 22.4 Å². The molecule has 0 spiro atoms. The predicted molar refractivity (Wildman–Crippen MR) is 218 cm³/mol. The predicted octanol–water partition coefficient (Wildman–Crippen LogP) is 14.1. The van der Waals surface area contributed by atoms with Gasteiger partial charge in [0.25, 0.3) is 0 Å². The second-order valence-corrected chi connectivity index (χ2v) is 14.9. The molecule has 0 aliphatic heterocycles. The fourth-order valence-corrected chi connectivity index (χ4v) is 9.42. The van der Waals surface area contributed by atoms with Gasteiger partial charge in [0.05, 0.1) is 5.69 Å². The maximum absolute atomic E-state index is 2.49. The summed E-state index contributed by atoms with van der Waals surface area (Å²) in [5.41, 5.74) is 24.2. The molecule has 0 unspecified atom stereocenters. The zero-order chi connectivity index (χ0) is 34.6. The normalized spacial score (nSPS) is 13.3. The van der Waals surface area contributed by atoms with E-state index < -0.39 is 0 Å². The first-order valence-corrected chi connectivity index (χ1v) is 18.3. The average Bonchev–Trinajstić information content (AvgIpc) is 3.35. The molecule has 0 aromatic heterocycles. The molecule has 0 atom stereocenters. The molecule has 0 saturated carbocycles. The average molecular weight is 662 g/mol. The Hall–Kier alpha value is -6.44. The van der Waals surface area contributed by atoms with Gasteiger partial charge in [0.2, 0.25) is 0 Å². The van der Waals surface area contributed by atoms with Gasteiger partial charge in [-0.3, -0.25) is 0 Å². The van der Waals surface area contributed by atoms with Gasteiger partial charge in [0.15, 0.2) is 0 Å². The minimum absolute atomic E-state index is 0.112. The lowest BCUT2D eigenvalue weighted by atomic mass is 9.82. The van der Waals surface area contributed by atoms with Crippen molar-refractivity contribution in [1.82, 2.24) is 0 Å². The Morgan fingerprint density at radius 3 is 1.54 bits per heavy atom. The monoisotopic (exact) mass is 661 g/mol. The van der Waals surface area contributed by atoms with Crippen molar-refractivity contribution in [3.8, 4) is 77.9 Å². The number of hydrogen-bond donors (Lipinski definition) is 0. The van der Waals surface area contributed by atoms with Crippen molar-refractivity contribution in [3.63, 3.8) is 0 Å². The van der Waals surface area contributed by atoms with Crippen LogP contribution < -0.4 is 4.90 Å². The highest BCUT2D eigenvalue weighted by molar-refractivity contribution is 6.15. The number of rotatable bonds is 4. The molecular weight excluding hydrogens is 627 g/mol. The van der Waals surface area contributed by atoms with Gasteiger partial charge in [-0.05, 0) is 114 Å². The van der Waals surface area contributed by atoms with Crippen molar-refractivity contribution in [1.29, 1.82) is 0 Å². The lowest BCUT2D eigenvalue weighted by molar-refractivity contribution is 0.660. The lowest BCUT2D eigenvalue weighted by Crippen LogP contribution is -2.17. The number of hydrogen-bond acceptors (Lipinski definition) is 1. The summed E-state index contributed by atoms with van der Waals surface area (Å²) in [4.78, 5) is 2.49. The van der Waals surface area contributed by atoms with E-state index in [1.54, 1.807) is 0 Å². The Labute approximate surface area is 305 Å². The van der Waals surface area contributed by atoms with Crippen molar-refractivity contribution >= 4 is 17.1 Å². The summed E-state index contributed by atoms with van der Waals surface area (Å²) in [5, 5.41) is 0. The maximum atomic E-state index is 2.49. The Balaban J connectivity index is 1.19. The number of para-hydroxylation sites is 1. The molecule has 244 valence electrons. The first kappa shape index (κ1) is 29.3. The van der Waals surface area contributed by atoms with Gasteiger partial charge in [-0.15, -0.1) is 0 Å². The van der Waals surface area contributed by atoms with Crippen molar-refractivity contribution in [2.75, 3.05) is 4.90 Å². The van der Waals surface area contributed by atoms with Crippen molar-refractivity contribution in [2.45, 2.75) is 19.3 Å². The minimum Gasteiger partial charge on any atom is -0.310 e. The molecule has 1 heteroatoms. The largest absolute Gasteiger partial charge is 0.310 e. The molecule has 0 fully saturated rings. The highest BCUT2D eigenvalue weighted by atomic mass is 15.1. The zero-order valence-corrected chi connectivity index (χ0v) is 29.2. The van der Waals surface area contributed by atoms with Crippen molar-refractivity contribution < 1.29 is 0 Å². The first-order chi connectivity index (χ1) is 25.6. The van der Waals surface area contributed by atoms with E-state index >= 15 is 0 Å². The third-order valence-corrected chi connectivity index (χ3v) is 11.8. The highest BCUT2D eigenvalue weighted by Crippen LogP contribution is 2.58. The molecule has 0 saturated heterocycles. The first-order valence-electron chi connectivity index (χ1n) is 18.3. The number of fused-ring (bicyclic) bond motifs is 7. The second-order valence-electron chi connectivity index (χ2n) is 14.9. The van der Waals surface area contributed by atoms with Crippen molar-refractivity contribution in [3.05, 3.63) is 187 Å². The van der Waals surface area contributed by atoms with Crippen LogP contribution in [-0.2, 0) is 5.41 Å². The molecule has 0 amide bonds. The van der Waals surface area contributed by atoms with Crippen LogP contribution in [0.3, 0.4) is 0 Å². The molecule has 6 bridgehead atoms. The van der Waals surface area contributed by atoms with Crippen LogP contribution in [-0.4, -0.2) is 0 Å². The summed E-state index contributed by atoms with van der Waals surface area (Å²) in [7, 11) is 0. The molecular formula is C51H35N. The smallest absolute Gasteiger partial charge is 0.0540 e. The second kappa shape index (κ2) is 10.8. The van der Waals surface area contributed by atoms with E-state index in [9.17, 15) is 0 Å². The van der Waals surface area contributed by atoms with Crippen LogP contribution in [0, 0.1) is 0 Å². The van der Waals surface area contributed by atoms with Crippen LogP contribution in [0.25, 0.3) is 77.9 Å². The number of anilines is 3. The SMILES string of the molecule is CC1(C)c2ccccc2-c2ccc(N(c3ccc4c(c3)-c3c5cccc3-c3cccc-4c3-c3ccccc3-5)c3ccccc3-c3ccccc3)cc21. The van der Waals surface area contributed by atoms with Gasteiger partial charge in [-0.1, -0.05) is 159 Å². The van der Waals surface area contributed by atoms with Crippen LogP contribution in [0.2, 0.25) is 0 Å². The number of benzene rings is 8. The Kier molecular flexibility index (Phi) is 6.08. The van der Waals surface area contributed by atoms with Gasteiger partial charge < -0.3 is 4.90 Å². The summed E-state index contributed by atoms with van der Waals surface area (Å²) < 4.78 is 0. The summed E-state index contributed by atoms with van der Waals surface area (Å²) in [6.07, 6.45) is 0. The molecule has 0 heterocycles. The molecule has 52 heavy (non-hydrogen) atoms. The van der Waals surface area contributed by atoms with Crippen molar-refractivity contribution in [2.24, 2.45) is 0 Å². The van der Waals surface area contributed by atoms with E-state index in [4.69, 9.17) is 0 Å². The van der Waals surface area contributed by atoms with Crippen LogP contribution in [0.5, 0.6) is 0 Å². The summed E-state index contributed by atoms with van der Waals surface area (Å²) >= 11 is 0. The van der Waals surface area contributed by atoms with Gasteiger partial charge in [-0.2, -0.15) is 0 Å². The molecule has 0 N–H and O–H groups in total. The van der Waals surface area contributed by atoms with Crippen LogP contribution >= 0.6 is 0 Å². The molecule has 1 nitrogen and oxygen atoms in total. The van der Waals surface area contributed by atoms with Gasteiger partial charge in [-0.25, -0.2) is 0 Å². The van der Waals surface area contributed by atoms with E-state index in [1.165, 1.54) is 89.0 Å². The third kappa shape index (κ3) is 3.99. The molecule has 11 rings (SSSR count). The van der Waals surface area contributed by atoms with Gasteiger partial charge in [0.1, 0.15) is 0 Å². The molecule has 8 aromatic rings. The molecule has 0 radical (unpaired) electrons. The summed E-state index contributed by atoms with van der Waals surface area (Å²) in [6, 6.07) is 65.5. The number of nitrogens with zero attached hydrogens (tertiary/aromatic N) is 1. The Morgan fingerprint density at radius 1 is 0.327 bits per heavy atom. The van der Waals surface area contributed by atoms with E-state index in [0.29, 0.717) is 0 Å². The van der Waals surface area contributed by atoms with E-state index in [-0.39, 0.29) is 5.41 Å². The quantitative estimate of drug-likeness (QED) is 0.181. The zero-order valence-electron chi connectivity index (χ0n) is 29.2. The topological polar surface area (TPSA) is 3.24 Å². The van der Waals surface area contributed by atoms with E-state index in [1.807, 2.05) is 0 Å².